The van der Waals surface area contributed by atoms with Crippen molar-refractivity contribution < 1.29 is 31.1 Å². The predicted octanol–water partition coefficient (Wildman–Crippen LogP) is 1.98. The molecule has 1 amide bonds. The van der Waals surface area contributed by atoms with Crippen molar-refractivity contribution >= 4 is 11.7 Å². The molecule has 2 aliphatic rings. The number of alkyl halides is 6. The van der Waals surface area contributed by atoms with Gasteiger partial charge in [-0.3, -0.25) is 14.5 Å². The maximum atomic E-state index is 12.9. The highest BCUT2D eigenvalue weighted by molar-refractivity contribution is 5.80. The third-order valence-corrected chi connectivity index (χ3v) is 5.84. The van der Waals surface area contributed by atoms with Gasteiger partial charge < -0.3 is 9.80 Å². The van der Waals surface area contributed by atoms with E-state index in [0.717, 1.165) is 12.3 Å². The number of nitrogens with one attached hydrogen (secondary N) is 1. The zero-order chi connectivity index (χ0) is 24.7. The summed E-state index contributed by atoms with van der Waals surface area (Å²) in [6, 6.07) is 2.99. The summed E-state index contributed by atoms with van der Waals surface area (Å²) in [7, 11) is 0. The summed E-state index contributed by atoms with van der Waals surface area (Å²) in [5, 5.41) is 5.49. The molecule has 4 heterocycles. The van der Waals surface area contributed by atoms with Crippen LogP contribution in [0.1, 0.15) is 16.8 Å². The first-order valence-electron chi connectivity index (χ1n) is 10.4. The number of amides is 1. The van der Waals surface area contributed by atoms with Gasteiger partial charge in [0.05, 0.1) is 17.2 Å². The van der Waals surface area contributed by atoms with E-state index < -0.39 is 29.0 Å². The van der Waals surface area contributed by atoms with E-state index in [-0.39, 0.29) is 24.1 Å². The van der Waals surface area contributed by atoms with E-state index in [9.17, 15) is 35.9 Å². The zero-order valence-corrected chi connectivity index (χ0v) is 17.7. The lowest BCUT2D eigenvalue weighted by Crippen LogP contribution is -2.57. The third-order valence-electron chi connectivity index (χ3n) is 5.84. The van der Waals surface area contributed by atoms with Gasteiger partial charge in [0.2, 0.25) is 5.91 Å². The van der Waals surface area contributed by atoms with Gasteiger partial charge in [-0.1, -0.05) is 0 Å². The van der Waals surface area contributed by atoms with Crippen molar-refractivity contribution in [2.24, 2.45) is 5.92 Å². The molecule has 0 radical (unpaired) electrons. The number of pyridine rings is 1. The van der Waals surface area contributed by atoms with Crippen LogP contribution in [-0.2, 0) is 23.7 Å². The highest BCUT2D eigenvalue weighted by Gasteiger charge is 2.38. The fourth-order valence-electron chi connectivity index (χ4n) is 3.98. The van der Waals surface area contributed by atoms with Gasteiger partial charge in [0, 0.05) is 52.0 Å². The second kappa shape index (κ2) is 8.89. The molecule has 0 bridgehead atoms. The van der Waals surface area contributed by atoms with Crippen LogP contribution in [0.4, 0.5) is 32.2 Å². The van der Waals surface area contributed by atoms with Gasteiger partial charge in [-0.2, -0.15) is 31.4 Å². The minimum Gasteiger partial charge on any atom is -0.353 e. The number of hydrogen-bond donors (Lipinski definition) is 1. The maximum Gasteiger partial charge on any atom is 0.421 e. The van der Waals surface area contributed by atoms with Crippen molar-refractivity contribution in [3.05, 3.63) is 51.6 Å². The smallest absolute Gasteiger partial charge is 0.353 e. The average molecular weight is 490 g/mol. The Kier molecular flexibility index (Phi) is 6.27. The molecule has 8 nitrogen and oxygen atoms in total. The van der Waals surface area contributed by atoms with Crippen LogP contribution >= 0.6 is 0 Å². The number of H-pyrrole nitrogens is 1. The Bertz CT molecular complexity index is 1090. The maximum absolute atomic E-state index is 12.9. The van der Waals surface area contributed by atoms with Crippen LogP contribution in [-0.4, -0.2) is 70.2 Å². The van der Waals surface area contributed by atoms with Gasteiger partial charge in [0.15, 0.2) is 0 Å². The van der Waals surface area contributed by atoms with Crippen LogP contribution in [0, 0.1) is 5.92 Å². The summed E-state index contributed by atoms with van der Waals surface area (Å²) in [6.07, 6.45) is -8.46. The summed E-state index contributed by atoms with van der Waals surface area (Å²) >= 11 is 0. The molecule has 0 saturated carbocycles. The zero-order valence-electron chi connectivity index (χ0n) is 17.7. The van der Waals surface area contributed by atoms with E-state index in [1.807, 2.05) is 5.10 Å². The van der Waals surface area contributed by atoms with Crippen molar-refractivity contribution in [1.29, 1.82) is 0 Å². The fourth-order valence-corrected chi connectivity index (χ4v) is 3.98. The van der Waals surface area contributed by atoms with Crippen molar-refractivity contribution in [3.63, 3.8) is 0 Å². The molecule has 0 aromatic carbocycles. The Morgan fingerprint density at radius 1 is 1.03 bits per heavy atom. The topological polar surface area (TPSA) is 85.4 Å². The molecule has 184 valence electrons. The van der Waals surface area contributed by atoms with E-state index in [4.69, 9.17) is 0 Å². The Labute approximate surface area is 189 Å². The molecule has 4 rings (SSSR count). The van der Waals surface area contributed by atoms with Crippen molar-refractivity contribution in [1.82, 2.24) is 25.0 Å². The summed E-state index contributed by atoms with van der Waals surface area (Å²) in [5.41, 5.74) is -3.40. The lowest BCUT2D eigenvalue weighted by atomic mass is 9.97. The van der Waals surface area contributed by atoms with E-state index in [2.05, 4.69) is 10.1 Å². The number of anilines is 1. The lowest BCUT2D eigenvalue weighted by Gasteiger charge is -2.42. The largest absolute Gasteiger partial charge is 0.421 e. The number of likely N-dealkylation sites (tertiary alicyclic amines) is 1. The molecule has 2 fully saturated rings. The molecule has 14 heteroatoms. The van der Waals surface area contributed by atoms with Gasteiger partial charge >= 0.3 is 12.4 Å². The van der Waals surface area contributed by atoms with Crippen LogP contribution in [0.5, 0.6) is 0 Å². The van der Waals surface area contributed by atoms with Gasteiger partial charge in [0.25, 0.3) is 5.56 Å². The monoisotopic (exact) mass is 490 g/mol. The molecule has 0 unspecified atom stereocenters. The summed E-state index contributed by atoms with van der Waals surface area (Å²) in [6.45, 7) is 2.37. The minimum atomic E-state index is -4.78. The van der Waals surface area contributed by atoms with Crippen LogP contribution in [0.2, 0.25) is 0 Å². The molecule has 2 aromatic rings. The van der Waals surface area contributed by atoms with Gasteiger partial charge in [-0.05, 0) is 18.2 Å². The Morgan fingerprint density at radius 3 is 2.26 bits per heavy atom. The number of aromatic nitrogens is 3. The standard InChI is InChI=1S/C20H20F6N6O2/c21-19(22,23)13-1-2-16(27-8-13)31-3-5-32(6-4-31)18(34)12-9-30(10-12)11-14-7-15(20(24,25)26)17(33)29-28-14/h1-2,7-8,12H,3-6,9-11H2,(H,29,33). The van der Waals surface area contributed by atoms with Gasteiger partial charge in [0.1, 0.15) is 11.4 Å². The number of aromatic amines is 1. The predicted molar refractivity (Wildman–Crippen MR) is 107 cm³/mol. The highest BCUT2D eigenvalue weighted by atomic mass is 19.4. The van der Waals surface area contributed by atoms with Crippen molar-refractivity contribution in [2.45, 2.75) is 18.9 Å². The first-order chi connectivity index (χ1) is 15.9. The first kappa shape index (κ1) is 24.0. The van der Waals surface area contributed by atoms with Crippen molar-refractivity contribution in [2.75, 3.05) is 44.2 Å². The molecule has 2 aromatic heterocycles. The lowest BCUT2D eigenvalue weighted by molar-refractivity contribution is -0.141. The second-order valence-electron chi connectivity index (χ2n) is 8.21. The highest BCUT2D eigenvalue weighted by Crippen LogP contribution is 2.30. The first-order valence-corrected chi connectivity index (χ1v) is 10.4. The number of hydrogen-bond acceptors (Lipinski definition) is 6. The SMILES string of the molecule is O=C(C1CN(Cc2cc(C(F)(F)F)c(=O)[nH]n2)C1)N1CCN(c2ccc(C(F)(F)F)cn2)CC1. The van der Waals surface area contributed by atoms with E-state index in [0.29, 0.717) is 51.2 Å². The number of rotatable bonds is 4. The molecule has 1 N–H and O–H groups in total. The minimum absolute atomic E-state index is 0.0514. The quantitative estimate of drug-likeness (QED) is 0.660. The molecule has 2 saturated heterocycles. The molecule has 0 aliphatic carbocycles. The number of halogens is 6. The van der Waals surface area contributed by atoms with Crippen LogP contribution in [0.25, 0.3) is 0 Å². The molecule has 34 heavy (non-hydrogen) atoms. The molecule has 0 atom stereocenters. The van der Waals surface area contributed by atoms with Gasteiger partial charge in [-0.25, -0.2) is 10.1 Å². The molecule has 2 aliphatic heterocycles. The fraction of sp³-hybridized carbons (Fsp3) is 0.500. The third kappa shape index (κ3) is 5.16. The van der Waals surface area contributed by atoms with E-state index in [1.54, 1.807) is 14.7 Å². The summed E-state index contributed by atoms with van der Waals surface area (Å²) in [5.74, 6) is 0.0174. The average Bonchev–Trinajstić information content (AvgIpc) is 2.75. The summed E-state index contributed by atoms with van der Waals surface area (Å²) in [4.78, 5) is 33.2. The van der Waals surface area contributed by atoms with E-state index >= 15 is 0 Å². The van der Waals surface area contributed by atoms with Crippen LogP contribution < -0.4 is 10.5 Å². The Morgan fingerprint density at radius 2 is 1.71 bits per heavy atom. The number of carbonyl (C=O) groups is 1. The Hall–Kier alpha value is -3.16. The molecular formula is C20H20F6N6O2. The van der Waals surface area contributed by atoms with Gasteiger partial charge in [-0.15, -0.1) is 0 Å². The number of nitrogens with zero attached hydrogens (tertiary/aromatic N) is 5. The normalized spacial score (nSPS) is 18.2. The molecular weight excluding hydrogens is 470 g/mol. The van der Waals surface area contributed by atoms with Crippen molar-refractivity contribution in [3.8, 4) is 0 Å². The number of piperazine rings is 1. The van der Waals surface area contributed by atoms with E-state index in [1.165, 1.54) is 6.07 Å². The van der Waals surface area contributed by atoms with Crippen LogP contribution in [0.15, 0.2) is 29.2 Å². The molecule has 0 spiro atoms. The number of carbonyl (C=O) groups excluding carboxylic acids is 1. The summed E-state index contributed by atoms with van der Waals surface area (Å²) < 4.78 is 76.7. The van der Waals surface area contributed by atoms with Crippen LogP contribution in [0.3, 0.4) is 0 Å². The second-order valence-corrected chi connectivity index (χ2v) is 8.21. The Balaban J connectivity index is 1.26.